The molecule has 2 atom stereocenters. The van der Waals surface area contributed by atoms with Gasteiger partial charge in [0, 0.05) is 12.6 Å². The van der Waals surface area contributed by atoms with Crippen molar-refractivity contribution in [3.8, 4) is 0 Å². The third-order valence-corrected chi connectivity index (χ3v) is 3.83. The van der Waals surface area contributed by atoms with Crippen molar-refractivity contribution >= 4 is 22.4 Å². The Bertz CT molecular complexity index is 419. The highest BCUT2D eigenvalue weighted by Gasteiger charge is 2.23. The van der Waals surface area contributed by atoms with Crippen LogP contribution in [-0.4, -0.2) is 29.6 Å². The van der Waals surface area contributed by atoms with E-state index in [1.54, 1.807) is 6.92 Å². The normalized spacial score (nSPS) is 24.6. The summed E-state index contributed by atoms with van der Waals surface area (Å²) in [6, 6.07) is 0.189. The summed E-state index contributed by atoms with van der Waals surface area (Å²) in [7, 11) is 0. The lowest BCUT2D eigenvalue weighted by atomic mass is 10.0. The lowest BCUT2D eigenvalue weighted by Crippen LogP contribution is -2.41. The maximum atomic E-state index is 12.0. The number of hydrogen-bond acceptors (Lipinski definition) is 5. The smallest absolute Gasteiger partial charge is 0.263 e. The Morgan fingerprint density at radius 2 is 2.41 bits per heavy atom. The fourth-order valence-corrected chi connectivity index (χ4v) is 2.74. The highest BCUT2D eigenvalue weighted by Crippen LogP contribution is 2.20. The van der Waals surface area contributed by atoms with Gasteiger partial charge in [-0.25, -0.2) is 4.98 Å². The Labute approximate surface area is 104 Å². The van der Waals surface area contributed by atoms with Crippen molar-refractivity contribution in [2.75, 3.05) is 12.3 Å². The number of anilines is 1. The molecule has 2 heterocycles. The van der Waals surface area contributed by atoms with Crippen molar-refractivity contribution < 1.29 is 9.53 Å². The first-order chi connectivity index (χ1) is 8.06. The molecule has 0 radical (unpaired) electrons. The molecule has 0 aliphatic carbocycles. The van der Waals surface area contributed by atoms with E-state index in [1.807, 2.05) is 6.92 Å². The van der Waals surface area contributed by atoms with Gasteiger partial charge in [0.15, 0.2) is 5.13 Å². The van der Waals surface area contributed by atoms with Crippen molar-refractivity contribution in [3.05, 3.63) is 10.6 Å². The quantitative estimate of drug-likeness (QED) is 0.835. The number of nitrogens with zero attached hydrogens (tertiary/aromatic N) is 1. The monoisotopic (exact) mass is 255 g/mol. The van der Waals surface area contributed by atoms with Gasteiger partial charge in [-0.05, 0) is 26.7 Å². The summed E-state index contributed by atoms with van der Waals surface area (Å²) in [6.45, 7) is 4.53. The minimum absolute atomic E-state index is 0.0733. The Hall–Kier alpha value is -1.14. The van der Waals surface area contributed by atoms with Crippen LogP contribution < -0.4 is 11.1 Å². The highest BCUT2D eigenvalue weighted by atomic mass is 32.1. The molecule has 17 heavy (non-hydrogen) atoms. The van der Waals surface area contributed by atoms with E-state index >= 15 is 0 Å². The molecule has 1 aliphatic heterocycles. The Kier molecular flexibility index (Phi) is 3.63. The number of carbonyl (C=O) groups excluding carboxylic acids is 1. The summed E-state index contributed by atoms with van der Waals surface area (Å²) in [4.78, 5) is 16.7. The van der Waals surface area contributed by atoms with Gasteiger partial charge in [-0.3, -0.25) is 4.79 Å². The van der Waals surface area contributed by atoms with E-state index in [4.69, 9.17) is 10.5 Å². The summed E-state index contributed by atoms with van der Waals surface area (Å²) in [5.41, 5.74) is 6.28. The number of ether oxygens (including phenoxy) is 1. The molecule has 1 amide bonds. The second-order valence-electron chi connectivity index (χ2n) is 4.34. The van der Waals surface area contributed by atoms with E-state index in [0.29, 0.717) is 22.3 Å². The van der Waals surface area contributed by atoms with E-state index in [-0.39, 0.29) is 18.1 Å². The van der Waals surface area contributed by atoms with Crippen molar-refractivity contribution in [1.82, 2.24) is 10.3 Å². The standard InChI is InChI=1S/C11H17N3O2S/c1-6-5-8(3-4-16-6)14-10(15)9-7(2)13-11(12)17-9/h6,8H,3-5H2,1-2H3,(H2,12,13)(H,14,15). The van der Waals surface area contributed by atoms with Gasteiger partial charge in [-0.15, -0.1) is 0 Å². The zero-order valence-corrected chi connectivity index (χ0v) is 10.8. The third kappa shape index (κ3) is 2.95. The minimum Gasteiger partial charge on any atom is -0.378 e. The average molecular weight is 255 g/mol. The van der Waals surface area contributed by atoms with Crippen LogP contribution in [0.1, 0.15) is 35.1 Å². The summed E-state index contributed by atoms with van der Waals surface area (Å²) in [5, 5.41) is 3.45. The van der Waals surface area contributed by atoms with Crippen LogP contribution in [-0.2, 0) is 4.74 Å². The Balaban J connectivity index is 1.99. The molecule has 1 aromatic rings. The number of aryl methyl sites for hydroxylation is 1. The lowest BCUT2D eigenvalue weighted by Gasteiger charge is -2.27. The fraction of sp³-hybridized carbons (Fsp3) is 0.636. The zero-order valence-electron chi connectivity index (χ0n) is 10.0. The molecule has 0 bridgehead atoms. The molecule has 6 heteroatoms. The number of nitrogen functional groups attached to an aromatic ring is 1. The van der Waals surface area contributed by atoms with Crippen LogP contribution in [0.2, 0.25) is 0 Å². The molecule has 2 rings (SSSR count). The first-order valence-electron chi connectivity index (χ1n) is 5.71. The van der Waals surface area contributed by atoms with Crippen molar-refractivity contribution in [1.29, 1.82) is 0 Å². The van der Waals surface area contributed by atoms with E-state index in [2.05, 4.69) is 10.3 Å². The number of carbonyl (C=O) groups is 1. The SMILES string of the molecule is Cc1nc(N)sc1C(=O)NC1CCOC(C)C1. The maximum absolute atomic E-state index is 12.0. The average Bonchev–Trinajstić information content (AvgIpc) is 2.58. The summed E-state index contributed by atoms with van der Waals surface area (Å²) in [6.07, 6.45) is 1.93. The first-order valence-corrected chi connectivity index (χ1v) is 6.53. The summed E-state index contributed by atoms with van der Waals surface area (Å²) < 4.78 is 5.44. The van der Waals surface area contributed by atoms with Crippen LogP contribution in [0.4, 0.5) is 5.13 Å². The van der Waals surface area contributed by atoms with Crippen LogP contribution >= 0.6 is 11.3 Å². The molecule has 94 valence electrons. The van der Waals surface area contributed by atoms with E-state index < -0.39 is 0 Å². The Morgan fingerprint density at radius 3 is 3.00 bits per heavy atom. The Morgan fingerprint density at radius 1 is 1.65 bits per heavy atom. The molecule has 5 nitrogen and oxygen atoms in total. The van der Waals surface area contributed by atoms with Crippen molar-refractivity contribution in [3.63, 3.8) is 0 Å². The topological polar surface area (TPSA) is 77.2 Å². The number of amides is 1. The number of thiazole rings is 1. The van der Waals surface area contributed by atoms with E-state index in [1.165, 1.54) is 11.3 Å². The third-order valence-electron chi connectivity index (χ3n) is 2.84. The molecule has 1 aromatic heterocycles. The van der Waals surface area contributed by atoms with Crippen molar-refractivity contribution in [2.45, 2.75) is 38.8 Å². The van der Waals surface area contributed by atoms with Crippen LogP contribution in [0.3, 0.4) is 0 Å². The predicted molar refractivity (Wildman–Crippen MR) is 67.2 cm³/mol. The van der Waals surface area contributed by atoms with E-state index in [9.17, 15) is 4.79 Å². The van der Waals surface area contributed by atoms with Gasteiger partial charge in [0.25, 0.3) is 5.91 Å². The van der Waals surface area contributed by atoms with Crippen LogP contribution in [0, 0.1) is 6.92 Å². The zero-order chi connectivity index (χ0) is 12.4. The van der Waals surface area contributed by atoms with Gasteiger partial charge in [-0.2, -0.15) is 0 Å². The molecule has 0 saturated carbocycles. The number of hydrogen-bond donors (Lipinski definition) is 2. The van der Waals surface area contributed by atoms with Crippen LogP contribution in [0.25, 0.3) is 0 Å². The summed E-state index contributed by atoms with van der Waals surface area (Å²) in [5.74, 6) is -0.0733. The lowest BCUT2D eigenvalue weighted by molar-refractivity contribution is 0.0137. The first kappa shape index (κ1) is 12.3. The number of nitrogens with one attached hydrogen (secondary N) is 1. The van der Waals surface area contributed by atoms with Gasteiger partial charge < -0.3 is 15.8 Å². The maximum Gasteiger partial charge on any atom is 0.263 e. The van der Waals surface area contributed by atoms with Gasteiger partial charge in [0.1, 0.15) is 4.88 Å². The van der Waals surface area contributed by atoms with Gasteiger partial charge in [-0.1, -0.05) is 11.3 Å². The molecule has 0 aromatic carbocycles. The summed E-state index contributed by atoms with van der Waals surface area (Å²) >= 11 is 1.24. The largest absolute Gasteiger partial charge is 0.378 e. The number of nitrogens with two attached hydrogens (primary N) is 1. The second kappa shape index (κ2) is 5.01. The van der Waals surface area contributed by atoms with Crippen LogP contribution in [0.15, 0.2) is 0 Å². The van der Waals surface area contributed by atoms with E-state index in [0.717, 1.165) is 12.8 Å². The molecular formula is C11H17N3O2S. The predicted octanol–water partition coefficient (Wildman–Crippen LogP) is 1.33. The molecule has 1 fully saturated rings. The second-order valence-corrected chi connectivity index (χ2v) is 5.37. The minimum atomic E-state index is -0.0733. The van der Waals surface area contributed by atoms with Gasteiger partial charge >= 0.3 is 0 Å². The molecule has 2 unspecified atom stereocenters. The van der Waals surface area contributed by atoms with Crippen LogP contribution in [0.5, 0.6) is 0 Å². The molecular weight excluding hydrogens is 238 g/mol. The van der Waals surface area contributed by atoms with Gasteiger partial charge in [0.05, 0.1) is 11.8 Å². The van der Waals surface area contributed by atoms with Crippen molar-refractivity contribution in [2.24, 2.45) is 0 Å². The molecule has 1 aliphatic rings. The number of rotatable bonds is 2. The highest BCUT2D eigenvalue weighted by molar-refractivity contribution is 7.17. The molecule has 0 spiro atoms. The molecule has 3 N–H and O–H groups in total. The fourth-order valence-electron chi connectivity index (χ4n) is 2.01. The number of aromatic nitrogens is 1. The van der Waals surface area contributed by atoms with Gasteiger partial charge in [0.2, 0.25) is 0 Å². The molecule has 1 saturated heterocycles.